The Balaban J connectivity index is 2.88. The lowest BCUT2D eigenvalue weighted by Crippen LogP contribution is -2.32. The van der Waals surface area contributed by atoms with Crippen molar-refractivity contribution in [3.05, 3.63) is 29.6 Å². The summed E-state index contributed by atoms with van der Waals surface area (Å²) < 4.78 is 18.9. The zero-order valence-corrected chi connectivity index (χ0v) is 11.1. The van der Waals surface area contributed by atoms with Gasteiger partial charge in [-0.3, -0.25) is 0 Å². The fraction of sp³-hybridized carbons (Fsp3) is 0.571. The molecule has 2 nitrogen and oxygen atoms in total. The fourth-order valence-corrected chi connectivity index (χ4v) is 1.73. The maximum absolute atomic E-state index is 13.7. The summed E-state index contributed by atoms with van der Waals surface area (Å²) in [6, 6.07) is 5.22. The van der Waals surface area contributed by atoms with Gasteiger partial charge in [-0.05, 0) is 31.2 Å². The van der Waals surface area contributed by atoms with Crippen LogP contribution in [0.5, 0.6) is 5.75 Å². The van der Waals surface area contributed by atoms with Crippen molar-refractivity contribution >= 4 is 0 Å². The van der Waals surface area contributed by atoms with Crippen LogP contribution in [-0.4, -0.2) is 19.7 Å². The first-order valence-electron chi connectivity index (χ1n) is 6.14. The van der Waals surface area contributed by atoms with Crippen LogP contribution < -0.4 is 10.1 Å². The van der Waals surface area contributed by atoms with Gasteiger partial charge in [-0.15, -0.1) is 0 Å². The van der Waals surface area contributed by atoms with Gasteiger partial charge in [-0.1, -0.05) is 26.8 Å². The van der Waals surface area contributed by atoms with E-state index in [0.29, 0.717) is 12.4 Å². The Kier molecular flexibility index (Phi) is 4.94. The molecule has 0 heterocycles. The minimum atomic E-state index is -0.283. The monoisotopic (exact) mass is 239 g/mol. The van der Waals surface area contributed by atoms with E-state index in [1.807, 2.05) is 13.0 Å². The van der Waals surface area contributed by atoms with Crippen molar-refractivity contribution in [3.8, 4) is 5.75 Å². The first-order chi connectivity index (χ1) is 8.01. The number of ether oxygens (including phenoxy) is 1. The lowest BCUT2D eigenvalue weighted by atomic mass is 9.84. The summed E-state index contributed by atoms with van der Waals surface area (Å²) in [6.07, 6.45) is 0. The largest absolute Gasteiger partial charge is 0.491 e. The summed E-state index contributed by atoms with van der Waals surface area (Å²) in [5, 5.41) is 3.29. The van der Waals surface area contributed by atoms with E-state index in [9.17, 15) is 4.39 Å². The van der Waals surface area contributed by atoms with E-state index in [0.717, 1.165) is 18.7 Å². The maximum atomic E-state index is 13.7. The van der Waals surface area contributed by atoms with Crippen molar-refractivity contribution in [1.82, 2.24) is 5.32 Å². The molecule has 1 N–H and O–H groups in total. The number of benzene rings is 1. The Morgan fingerprint density at radius 2 is 2.00 bits per heavy atom. The third-order valence-corrected chi connectivity index (χ3v) is 2.83. The molecule has 96 valence electrons. The first-order valence-corrected chi connectivity index (χ1v) is 6.14. The molecule has 0 saturated heterocycles. The van der Waals surface area contributed by atoms with Crippen molar-refractivity contribution in [2.24, 2.45) is 0 Å². The van der Waals surface area contributed by atoms with Crippen LogP contribution in [0.2, 0.25) is 0 Å². The maximum Gasteiger partial charge on any atom is 0.165 e. The standard InChI is InChI=1S/C14H22FNO/c1-5-16-10-14(3,4)11-7-8-13(17-6-2)12(15)9-11/h7-9,16H,5-6,10H2,1-4H3. The molecule has 0 spiro atoms. The highest BCUT2D eigenvalue weighted by molar-refractivity contribution is 5.33. The van der Waals surface area contributed by atoms with Crippen LogP contribution in [0.25, 0.3) is 0 Å². The predicted octanol–water partition coefficient (Wildman–Crippen LogP) is 3.11. The van der Waals surface area contributed by atoms with Crippen LogP contribution in [0.3, 0.4) is 0 Å². The lowest BCUT2D eigenvalue weighted by Gasteiger charge is -2.26. The van der Waals surface area contributed by atoms with Gasteiger partial charge in [0.15, 0.2) is 11.6 Å². The Morgan fingerprint density at radius 3 is 2.53 bits per heavy atom. The number of nitrogens with one attached hydrogen (secondary N) is 1. The second-order valence-electron chi connectivity index (χ2n) is 4.74. The minimum absolute atomic E-state index is 0.0818. The fourth-order valence-electron chi connectivity index (χ4n) is 1.73. The summed E-state index contributed by atoms with van der Waals surface area (Å²) in [6.45, 7) is 10.4. The van der Waals surface area contributed by atoms with Crippen LogP contribution in [0.4, 0.5) is 4.39 Å². The molecule has 0 saturated carbocycles. The van der Waals surface area contributed by atoms with Crippen molar-refractivity contribution in [2.45, 2.75) is 33.1 Å². The Labute approximate surface area is 103 Å². The van der Waals surface area contributed by atoms with Crippen LogP contribution in [0, 0.1) is 5.82 Å². The highest BCUT2D eigenvalue weighted by atomic mass is 19.1. The summed E-state index contributed by atoms with van der Waals surface area (Å²) in [5.74, 6) is 0.0458. The molecule has 0 fully saturated rings. The van der Waals surface area contributed by atoms with E-state index in [4.69, 9.17) is 4.74 Å². The number of hydrogen-bond acceptors (Lipinski definition) is 2. The van der Waals surface area contributed by atoms with Gasteiger partial charge in [-0.25, -0.2) is 4.39 Å². The van der Waals surface area contributed by atoms with Gasteiger partial charge in [0.2, 0.25) is 0 Å². The van der Waals surface area contributed by atoms with Gasteiger partial charge in [-0.2, -0.15) is 0 Å². The van der Waals surface area contributed by atoms with E-state index in [2.05, 4.69) is 26.1 Å². The summed E-state index contributed by atoms with van der Waals surface area (Å²) >= 11 is 0. The van der Waals surface area contributed by atoms with Gasteiger partial charge in [0.1, 0.15) is 0 Å². The second kappa shape index (κ2) is 6.01. The van der Waals surface area contributed by atoms with E-state index >= 15 is 0 Å². The van der Waals surface area contributed by atoms with Crippen molar-refractivity contribution in [1.29, 1.82) is 0 Å². The van der Waals surface area contributed by atoms with Crippen molar-refractivity contribution < 1.29 is 9.13 Å². The molecule has 0 aromatic heterocycles. The molecule has 0 aliphatic carbocycles. The van der Waals surface area contributed by atoms with Crippen molar-refractivity contribution in [3.63, 3.8) is 0 Å². The first kappa shape index (κ1) is 14.0. The van der Waals surface area contributed by atoms with Gasteiger partial charge in [0, 0.05) is 12.0 Å². The molecule has 17 heavy (non-hydrogen) atoms. The Bertz CT molecular complexity index is 363. The van der Waals surface area contributed by atoms with Crippen LogP contribution in [-0.2, 0) is 5.41 Å². The average Bonchev–Trinajstić information content (AvgIpc) is 2.29. The Hall–Kier alpha value is -1.09. The Morgan fingerprint density at radius 1 is 1.29 bits per heavy atom. The molecule has 1 aromatic rings. The van der Waals surface area contributed by atoms with E-state index in [1.54, 1.807) is 12.1 Å². The quantitative estimate of drug-likeness (QED) is 0.823. The number of rotatable bonds is 6. The topological polar surface area (TPSA) is 21.3 Å². The molecule has 0 unspecified atom stereocenters. The number of halogens is 1. The SMILES string of the molecule is CCNCC(C)(C)c1ccc(OCC)c(F)c1. The molecule has 0 aliphatic rings. The van der Waals surface area contributed by atoms with Gasteiger partial charge in [0.05, 0.1) is 6.61 Å². The van der Waals surface area contributed by atoms with Gasteiger partial charge in [0.25, 0.3) is 0 Å². The number of likely N-dealkylation sites (N-methyl/N-ethyl adjacent to an activating group) is 1. The predicted molar refractivity (Wildman–Crippen MR) is 69.1 cm³/mol. The smallest absolute Gasteiger partial charge is 0.165 e. The van der Waals surface area contributed by atoms with Crippen LogP contribution >= 0.6 is 0 Å². The molecule has 0 amide bonds. The molecule has 1 aromatic carbocycles. The third-order valence-electron chi connectivity index (χ3n) is 2.83. The minimum Gasteiger partial charge on any atom is -0.491 e. The molecule has 3 heteroatoms. The summed E-state index contributed by atoms with van der Waals surface area (Å²) in [4.78, 5) is 0. The molecule has 0 radical (unpaired) electrons. The van der Waals surface area contributed by atoms with E-state index < -0.39 is 0 Å². The highest BCUT2D eigenvalue weighted by Gasteiger charge is 2.21. The van der Waals surface area contributed by atoms with Gasteiger partial charge < -0.3 is 10.1 Å². The molecule has 0 atom stereocenters. The normalized spacial score (nSPS) is 11.6. The third kappa shape index (κ3) is 3.70. The average molecular weight is 239 g/mol. The summed E-state index contributed by atoms with van der Waals surface area (Å²) in [7, 11) is 0. The second-order valence-corrected chi connectivity index (χ2v) is 4.74. The highest BCUT2D eigenvalue weighted by Crippen LogP contribution is 2.27. The van der Waals surface area contributed by atoms with Crippen molar-refractivity contribution in [2.75, 3.05) is 19.7 Å². The molecule has 0 aliphatic heterocycles. The van der Waals surface area contributed by atoms with E-state index in [1.165, 1.54) is 0 Å². The molecular weight excluding hydrogens is 217 g/mol. The number of hydrogen-bond donors (Lipinski definition) is 1. The van der Waals surface area contributed by atoms with E-state index in [-0.39, 0.29) is 11.2 Å². The zero-order chi connectivity index (χ0) is 12.9. The summed E-state index contributed by atoms with van der Waals surface area (Å²) in [5.41, 5.74) is 0.904. The van der Waals surface area contributed by atoms with Crippen LogP contribution in [0.1, 0.15) is 33.3 Å². The van der Waals surface area contributed by atoms with Gasteiger partial charge >= 0.3 is 0 Å². The molecule has 0 bridgehead atoms. The zero-order valence-electron chi connectivity index (χ0n) is 11.1. The molecular formula is C14H22FNO. The van der Waals surface area contributed by atoms with Crippen LogP contribution in [0.15, 0.2) is 18.2 Å². The lowest BCUT2D eigenvalue weighted by molar-refractivity contribution is 0.320. The molecule has 1 rings (SSSR count).